The molecule has 122 valence electrons. The van der Waals surface area contributed by atoms with Crippen molar-refractivity contribution in [3.05, 3.63) is 58.7 Å². The minimum Gasteiger partial charge on any atom is -0.481 e. The maximum atomic E-state index is 5.88. The fourth-order valence-electron chi connectivity index (χ4n) is 2.04. The molecule has 0 aliphatic heterocycles. The second-order valence-corrected chi connectivity index (χ2v) is 5.34. The number of methoxy groups -OCH3 is 1. The van der Waals surface area contributed by atoms with E-state index in [2.05, 4.69) is 20.6 Å². The highest BCUT2D eigenvalue weighted by Gasteiger charge is 2.01. The summed E-state index contributed by atoms with van der Waals surface area (Å²) in [5.74, 6) is 1.35. The molecule has 0 radical (unpaired) electrons. The monoisotopic (exact) mass is 332 g/mol. The fourth-order valence-corrected chi connectivity index (χ4v) is 2.17. The lowest BCUT2D eigenvalue weighted by Crippen LogP contribution is -2.38. The van der Waals surface area contributed by atoms with E-state index in [-0.39, 0.29) is 0 Å². The average molecular weight is 333 g/mol. The van der Waals surface area contributed by atoms with Crippen LogP contribution in [0.1, 0.15) is 11.3 Å². The number of pyridine rings is 1. The molecular formula is C17H21ClN4O. The molecule has 2 N–H and O–H groups in total. The Morgan fingerprint density at radius 1 is 1.17 bits per heavy atom. The van der Waals surface area contributed by atoms with Crippen molar-refractivity contribution in [2.75, 3.05) is 20.7 Å². The van der Waals surface area contributed by atoms with Gasteiger partial charge in [0.1, 0.15) is 0 Å². The number of hydrogen-bond acceptors (Lipinski definition) is 3. The Hall–Kier alpha value is -2.27. The first kappa shape index (κ1) is 17.1. The van der Waals surface area contributed by atoms with Gasteiger partial charge in [-0.25, -0.2) is 4.98 Å². The molecule has 0 spiro atoms. The molecule has 0 unspecified atom stereocenters. The zero-order valence-corrected chi connectivity index (χ0v) is 14.1. The van der Waals surface area contributed by atoms with Gasteiger partial charge in [0.2, 0.25) is 5.88 Å². The van der Waals surface area contributed by atoms with Crippen LogP contribution in [0.5, 0.6) is 5.88 Å². The topological polar surface area (TPSA) is 58.5 Å². The highest BCUT2D eigenvalue weighted by molar-refractivity contribution is 6.30. The van der Waals surface area contributed by atoms with E-state index in [9.17, 15) is 0 Å². The van der Waals surface area contributed by atoms with Gasteiger partial charge in [-0.1, -0.05) is 29.8 Å². The van der Waals surface area contributed by atoms with Crippen molar-refractivity contribution >= 4 is 17.6 Å². The summed E-state index contributed by atoms with van der Waals surface area (Å²) >= 11 is 5.88. The largest absolute Gasteiger partial charge is 0.481 e. The summed E-state index contributed by atoms with van der Waals surface area (Å²) in [5.41, 5.74) is 2.12. The molecular weight excluding hydrogens is 312 g/mol. The van der Waals surface area contributed by atoms with Crippen LogP contribution in [0.25, 0.3) is 0 Å². The predicted octanol–water partition coefficient (Wildman–Crippen LogP) is 2.65. The standard InChI is InChI=1S/C17H21ClN4O/c1-19-17(20-11-10-13-6-8-14(18)9-7-13)21-12-15-4-3-5-16(22-15)23-2/h3-9H,10-12H2,1-2H3,(H2,19,20,21). The first-order valence-electron chi connectivity index (χ1n) is 7.40. The Morgan fingerprint density at radius 3 is 2.65 bits per heavy atom. The molecule has 0 saturated heterocycles. The fraction of sp³-hybridized carbons (Fsp3) is 0.294. The van der Waals surface area contributed by atoms with Crippen molar-refractivity contribution < 1.29 is 4.74 Å². The molecule has 5 nitrogen and oxygen atoms in total. The summed E-state index contributed by atoms with van der Waals surface area (Å²) in [6, 6.07) is 13.5. The number of guanidine groups is 1. The van der Waals surface area contributed by atoms with E-state index in [1.54, 1.807) is 14.2 Å². The Kier molecular flexibility index (Phi) is 6.69. The van der Waals surface area contributed by atoms with Crippen molar-refractivity contribution in [3.8, 4) is 5.88 Å². The normalized spacial score (nSPS) is 11.2. The molecule has 0 bridgehead atoms. The highest BCUT2D eigenvalue weighted by atomic mass is 35.5. The highest BCUT2D eigenvalue weighted by Crippen LogP contribution is 2.09. The number of rotatable bonds is 6. The molecule has 0 amide bonds. The third-order valence-corrected chi connectivity index (χ3v) is 3.52. The van der Waals surface area contributed by atoms with E-state index in [1.165, 1.54) is 5.56 Å². The zero-order chi connectivity index (χ0) is 16.5. The van der Waals surface area contributed by atoms with Gasteiger partial charge in [-0.2, -0.15) is 0 Å². The van der Waals surface area contributed by atoms with Gasteiger partial charge in [-0.15, -0.1) is 0 Å². The van der Waals surface area contributed by atoms with Gasteiger partial charge in [-0.05, 0) is 30.2 Å². The van der Waals surface area contributed by atoms with Gasteiger partial charge < -0.3 is 15.4 Å². The summed E-state index contributed by atoms with van der Waals surface area (Å²) in [5, 5.41) is 7.26. The number of halogens is 1. The Balaban J connectivity index is 1.78. The van der Waals surface area contributed by atoms with E-state index < -0.39 is 0 Å². The first-order chi connectivity index (χ1) is 11.2. The molecule has 2 rings (SSSR count). The van der Waals surface area contributed by atoms with Crippen molar-refractivity contribution in [2.45, 2.75) is 13.0 Å². The number of benzene rings is 1. The number of aromatic nitrogens is 1. The lowest BCUT2D eigenvalue weighted by molar-refractivity contribution is 0.396. The van der Waals surface area contributed by atoms with Gasteiger partial charge in [-0.3, -0.25) is 4.99 Å². The van der Waals surface area contributed by atoms with Crippen molar-refractivity contribution in [2.24, 2.45) is 4.99 Å². The Bertz CT molecular complexity index is 643. The number of nitrogens with zero attached hydrogens (tertiary/aromatic N) is 2. The van der Waals surface area contributed by atoms with Gasteiger partial charge in [0, 0.05) is 24.7 Å². The molecule has 6 heteroatoms. The summed E-state index contributed by atoms with van der Waals surface area (Å²) in [6.45, 7) is 1.37. The summed E-state index contributed by atoms with van der Waals surface area (Å²) in [4.78, 5) is 8.56. The van der Waals surface area contributed by atoms with Gasteiger partial charge in [0.05, 0.1) is 19.3 Å². The maximum absolute atomic E-state index is 5.88. The van der Waals surface area contributed by atoms with Crippen molar-refractivity contribution in [1.82, 2.24) is 15.6 Å². The number of aliphatic imine (C=N–C) groups is 1. The molecule has 0 aliphatic rings. The van der Waals surface area contributed by atoms with Crippen LogP contribution in [0.4, 0.5) is 0 Å². The second kappa shape index (κ2) is 9.00. The Morgan fingerprint density at radius 2 is 1.96 bits per heavy atom. The maximum Gasteiger partial charge on any atom is 0.213 e. The van der Waals surface area contributed by atoms with E-state index in [1.807, 2.05) is 42.5 Å². The number of hydrogen-bond donors (Lipinski definition) is 2. The number of nitrogens with one attached hydrogen (secondary N) is 2. The molecule has 0 atom stereocenters. The Labute approximate surface area is 141 Å². The lowest BCUT2D eigenvalue weighted by Gasteiger charge is -2.12. The molecule has 1 heterocycles. The van der Waals surface area contributed by atoms with E-state index in [4.69, 9.17) is 16.3 Å². The van der Waals surface area contributed by atoms with Crippen LogP contribution < -0.4 is 15.4 Å². The minimum atomic E-state index is 0.581. The van der Waals surface area contributed by atoms with Crippen LogP contribution in [-0.4, -0.2) is 31.6 Å². The molecule has 2 aromatic rings. The van der Waals surface area contributed by atoms with Crippen LogP contribution in [0.15, 0.2) is 47.5 Å². The smallest absolute Gasteiger partial charge is 0.213 e. The van der Waals surface area contributed by atoms with Crippen molar-refractivity contribution in [3.63, 3.8) is 0 Å². The molecule has 1 aromatic carbocycles. The molecule has 0 aliphatic carbocycles. The van der Waals surface area contributed by atoms with Crippen LogP contribution in [0, 0.1) is 0 Å². The van der Waals surface area contributed by atoms with Crippen molar-refractivity contribution in [1.29, 1.82) is 0 Å². The summed E-state index contributed by atoms with van der Waals surface area (Å²) < 4.78 is 5.12. The van der Waals surface area contributed by atoms with E-state index in [0.717, 1.165) is 29.6 Å². The lowest BCUT2D eigenvalue weighted by atomic mass is 10.1. The quantitative estimate of drug-likeness (QED) is 0.630. The first-order valence-corrected chi connectivity index (χ1v) is 7.78. The third kappa shape index (κ3) is 5.79. The minimum absolute atomic E-state index is 0.581. The van der Waals surface area contributed by atoms with Gasteiger partial charge >= 0.3 is 0 Å². The number of ether oxygens (including phenoxy) is 1. The molecule has 0 saturated carbocycles. The van der Waals surface area contributed by atoms with Gasteiger partial charge in [0.25, 0.3) is 0 Å². The van der Waals surface area contributed by atoms with Crippen LogP contribution in [0.3, 0.4) is 0 Å². The van der Waals surface area contributed by atoms with Gasteiger partial charge in [0.15, 0.2) is 5.96 Å². The molecule has 1 aromatic heterocycles. The van der Waals surface area contributed by atoms with Crippen LogP contribution >= 0.6 is 11.6 Å². The molecule has 23 heavy (non-hydrogen) atoms. The van der Waals surface area contributed by atoms with E-state index >= 15 is 0 Å². The second-order valence-electron chi connectivity index (χ2n) is 4.90. The molecule has 0 fully saturated rings. The van der Waals surface area contributed by atoms with Crippen LogP contribution in [-0.2, 0) is 13.0 Å². The zero-order valence-electron chi connectivity index (χ0n) is 13.3. The average Bonchev–Trinajstić information content (AvgIpc) is 2.59. The third-order valence-electron chi connectivity index (χ3n) is 3.27. The summed E-state index contributed by atoms with van der Waals surface area (Å²) in [7, 11) is 3.35. The SMILES string of the molecule is CN=C(NCCc1ccc(Cl)cc1)NCc1cccc(OC)n1. The summed E-state index contributed by atoms with van der Waals surface area (Å²) in [6.07, 6.45) is 0.898. The predicted molar refractivity (Wildman–Crippen MR) is 94.1 cm³/mol. The van der Waals surface area contributed by atoms with E-state index in [0.29, 0.717) is 12.4 Å². The van der Waals surface area contributed by atoms with Crippen LogP contribution in [0.2, 0.25) is 5.02 Å².